The van der Waals surface area contributed by atoms with Crippen LogP contribution in [-0.4, -0.2) is 73.4 Å². The molecule has 2 aromatic heterocycles. The zero-order valence-electron chi connectivity index (χ0n) is 28.5. The van der Waals surface area contributed by atoms with Crippen LogP contribution in [0.1, 0.15) is 71.8 Å². The summed E-state index contributed by atoms with van der Waals surface area (Å²) in [4.78, 5) is 69.1. The molecule has 2 aliphatic heterocycles. The van der Waals surface area contributed by atoms with E-state index >= 15 is 0 Å². The van der Waals surface area contributed by atoms with E-state index in [2.05, 4.69) is 10.6 Å². The number of benzene rings is 1. The first-order valence-electron chi connectivity index (χ1n) is 17.1. The van der Waals surface area contributed by atoms with Gasteiger partial charge >= 0.3 is 12.1 Å². The normalized spacial score (nSPS) is 26.4. The second-order valence-electron chi connectivity index (χ2n) is 14.3. The molecular weight excluding hydrogens is 659 g/mol. The van der Waals surface area contributed by atoms with Crippen molar-refractivity contribution in [1.29, 1.82) is 0 Å². The number of thiophene rings is 1. The van der Waals surface area contributed by atoms with E-state index < -0.39 is 58.7 Å². The molecule has 1 aromatic carbocycles. The third kappa shape index (κ3) is 7.52. The van der Waals surface area contributed by atoms with Crippen molar-refractivity contribution in [2.75, 3.05) is 6.54 Å². The minimum absolute atomic E-state index is 0.0197. The number of nitrogens with zero attached hydrogens (tertiary/aromatic N) is 3. The Morgan fingerprint density at radius 1 is 1.08 bits per heavy atom. The number of carbonyl (C=O) groups is 4. The van der Waals surface area contributed by atoms with E-state index in [1.807, 2.05) is 59.3 Å². The number of amides is 3. The zero-order chi connectivity index (χ0) is 35.6. The van der Waals surface area contributed by atoms with Crippen molar-refractivity contribution >= 4 is 35.2 Å². The molecule has 1 saturated carbocycles. The molecule has 13 heteroatoms. The number of ether oxygens (including phenoxy) is 1. The van der Waals surface area contributed by atoms with Gasteiger partial charge in [-0.25, -0.2) is 14.3 Å². The number of rotatable bonds is 5. The first-order chi connectivity index (χ1) is 23.9. The Balaban J connectivity index is 1.38. The molecule has 0 unspecified atom stereocenters. The molecule has 2 fully saturated rings. The summed E-state index contributed by atoms with van der Waals surface area (Å²) in [5.41, 5.74) is 0.203. The molecular formula is C37H43N5O7S. The number of alkyl carbamates (subject to hydrolysis) is 1. The third-order valence-corrected chi connectivity index (χ3v) is 10.2. The van der Waals surface area contributed by atoms with Crippen LogP contribution in [0.5, 0.6) is 0 Å². The number of hydrogen-bond acceptors (Lipinski definition) is 8. The van der Waals surface area contributed by atoms with Gasteiger partial charge in [0.2, 0.25) is 11.8 Å². The van der Waals surface area contributed by atoms with Crippen LogP contribution in [0.3, 0.4) is 0 Å². The molecule has 1 aliphatic carbocycles. The summed E-state index contributed by atoms with van der Waals surface area (Å²) in [6.07, 6.45) is 6.56. The minimum Gasteiger partial charge on any atom is -0.479 e. The smallest absolute Gasteiger partial charge is 0.408 e. The summed E-state index contributed by atoms with van der Waals surface area (Å²) in [6, 6.07) is 10.1. The summed E-state index contributed by atoms with van der Waals surface area (Å²) in [6.45, 7) is 5.13. The first kappa shape index (κ1) is 35.1. The number of aromatic nitrogens is 2. The van der Waals surface area contributed by atoms with Crippen LogP contribution in [-0.2, 0) is 19.1 Å². The second kappa shape index (κ2) is 14.2. The maximum Gasteiger partial charge on any atom is 0.408 e. The summed E-state index contributed by atoms with van der Waals surface area (Å²) in [7, 11) is 0. The Morgan fingerprint density at radius 3 is 2.56 bits per heavy atom. The van der Waals surface area contributed by atoms with E-state index in [-0.39, 0.29) is 25.3 Å². The summed E-state index contributed by atoms with van der Waals surface area (Å²) in [5.74, 6) is -2.65. The van der Waals surface area contributed by atoms with E-state index in [1.54, 1.807) is 20.8 Å². The van der Waals surface area contributed by atoms with E-state index in [9.17, 15) is 29.1 Å². The molecule has 6 rings (SSSR count). The van der Waals surface area contributed by atoms with E-state index in [1.165, 1.54) is 27.0 Å². The quantitative estimate of drug-likeness (QED) is 0.308. The van der Waals surface area contributed by atoms with E-state index in [0.29, 0.717) is 24.1 Å². The highest BCUT2D eigenvalue weighted by molar-refractivity contribution is 7.08. The number of carbonyl (C=O) groups excluding carboxylic acids is 3. The molecule has 0 spiro atoms. The van der Waals surface area contributed by atoms with Crippen LogP contribution < -0.4 is 16.2 Å². The highest BCUT2D eigenvalue weighted by Gasteiger charge is 2.61. The van der Waals surface area contributed by atoms with Crippen LogP contribution in [0.4, 0.5) is 4.79 Å². The maximum absolute atomic E-state index is 14.4. The van der Waals surface area contributed by atoms with Crippen molar-refractivity contribution in [2.45, 2.75) is 95.0 Å². The van der Waals surface area contributed by atoms with Gasteiger partial charge in [-0.1, -0.05) is 55.3 Å². The molecule has 50 heavy (non-hydrogen) atoms. The van der Waals surface area contributed by atoms with Gasteiger partial charge < -0.3 is 25.4 Å². The van der Waals surface area contributed by atoms with Crippen LogP contribution >= 0.6 is 11.3 Å². The Bertz CT molecular complexity index is 1830. The molecule has 3 aliphatic rings. The third-order valence-electron chi connectivity index (χ3n) is 9.51. The Labute approximate surface area is 294 Å². The Hall–Kier alpha value is -4.78. The number of nitrogens with one attached hydrogen (secondary N) is 2. The molecule has 3 amide bonds. The van der Waals surface area contributed by atoms with Crippen LogP contribution in [0, 0.1) is 5.92 Å². The maximum atomic E-state index is 14.4. The van der Waals surface area contributed by atoms with E-state index in [4.69, 9.17) is 9.84 Å². The zero-order valence-corrected chi connectivity index (χ0v) is 29.3. The number of allylic oxidation sites excluding steroid dienone is 1. The van der Waals surface area contributed by atoms with Gasteiger partial charge in [-0.05, 0) is 68.8 Å². The predicted molar refractivity (Wildman–Crippen MR) is 188 cm³/mol. The van der Waals surface area contributed by atoms with Gasteiger partial charge in [0.05, 0.1) is 11.7 Å². The van der Waals surface area contributed by atoms with Gasteiger partial charge in [0.25, 0.3) is 5.56 Å². The van der Waals surface area contributed by atoms with Gasteiger partial charge in [-0.2, -0.15) is 16.4 Å². The molecule has 12 nitrogen and oxygen atoms in total. The fourth-order valence-corrected chi connectivity index (χ4v) is 7.54. The monoisotopic (exact) mass is 701 g/mol. The fourth-order valence-electron chi connectivity index (χ4n) is 6.88. The lowest BCUT2D eigenvalue weighted by molar-refractivity contribution is -0.145. The summed E-state index contributed by atoms with van der Waals surface area (Å²) in [5, 5.41) is 24.4. The average Bonchev–Trinajstić information content (AvgIpc) is 3.39. The van der Waals surface area contributed by atoms with Crippen molar-refractivity contribution in [2.24, 2.45) is 5.92 Å². The lowest BCUT2D eigenvalue weighted by Crippen LogP contribution is -2.56. The average molecular weight is 702 g/mol. The van der Waals surface area contributed by atoms with Gasteiger partial charge in [-0.3, -0.25) is 14.4 Å². The Morgan fingerprint density at radius 2 is 1.86 bits per heavy atom. The molecule has 5 atom stereocenters. The molecule has 0 radical (unpaired) electrons. The van der Waals surface area contributed by atoms with E-state index in [0.717, 1.165) is 30.4 Å². The second-order valence-corrected chi connectivity index (χ2v) is 15.1. The largest absolute Gasteiger partial charge is 0.479 e. The molecule has 4 heterocycles. The van der Waals surface area contributed by atoms with Crippen molar-refractivity contribution in [3.05, 3.63) is 75.7 Å². The lowest BCUT2D eigenvalue weighted by atomic mass is 10.0. The molecule has 264 valence electrons. The van der Waals surface area contributed by atoms with Gasteiger partial charge in [0.1, 0.15) is 23.2 Å². The first-order valence-corrected chi connectivity index (χ1v) is 18.0. The SMILES string of the molecule is CC(C)(C)OC(=O)N[C@H]1CCCCC/C=C\[C@H]2C[C@@]2(C(=O)O)NC(=O)[C@@H]2C[C@H](n3nc(-c4ccccc4)c(-c4ccsc4)cc3=O)CN2C1=O. The van der Waals surface area contributed by atoms with Crippen molar-refractivity contribution < 1.29 is 29.0 Å². The van der Waals surface area contributed by atoms with Gasteiger partial charge in [0.15, 0.2) is 0 Å². The lowest BCUT2D eigenvalue weighted by Gasteiger charge is -2.30. The number of aliphatic carboxylic acids is 1. The molecule has 0 bridgehead atoms. The fraction of sp³-hybridized carbons (Fsp3) is 0.459. The minimum atomic E-state index is -1.48. The molecule has 3 aromatic rings. The summed E-state index contributed by atoms with van der Waals surface area (Å²) < 4.78 is 6.81. The van der Waals surface area contributed by atoms with Crippen LogP contribution in [0.25, 0.3) is 22.4 Å². The highest BCUT2D eigenvalue weighted by Crippen LogP contribution is 2.45. The number of hydrogen-bond donors (Lipinski definition) is 3. The predicted octanol–water partition coefficient (Wildman–Crippen LogP) is 5.15. The molecule has 3 N–H and O–H groups in total. The number of carboxylic acids is 1. The summed E-state index contributed by atoms with van der Waals surface area (Å²) >= 11 is 1.50. The van der Waals surface area contributed by atoms with Crippen molar-refractivity contribution in [3.63, 3.8) is 0 Å². The van der Waals surface area contributed by atoms with Crippen molar-refractivity contribution in [3.8, 4) is 22.4 Å². The van der Waals surface area contributed by atoms with Crippen molar-refractivity contribution in [1.82, 2.24) is 25.3 Å². The Kier molecular flexibility index (Phi) is 9.97. The topological polar surface area (TPSA) is 160 Å². The van der Waals surface area contributed by atoms with Gasteiger partial charge in [-0.15, -0.1) is 0 Å². The molecule has 1 saturated heterocycles. The number of carboxylic acid groups (broad SMARTS) is 1. The van der Waals surface area contributed by atoms with Gasteiger partial charge in [0, 0.05) is 36.1 Å². The van der Waals surface area contributed by atoms with Crippen LogP contribution in [0.15, 0.2) is 70.2 Å². The number of fused-ring (bicyclic) bond motifs is 2. The standard InChI is InChI=1S/C37H43N5O7S/c1-36(2,3)49-35(48)38-28-15-11-6-4-5-10-14-25-20-37(25,34(46)47)39-32(44)29-18-26(21-41(29)33(28)45)42-30(43)19-27(24-16-17-50-22-24)31(40-42)23-12-8-7-9-13-23/h7-10,12-14,16-17,19,22,25-26,28-29H,4-6,11,15,18,20-21H2,1-3H3,(H,38,48)(H,39,44)(H,46,47)/b14-10-/t25-,26-,28-,29-,37+/m0/s1. The highest BCUT2D eigenvalue weighted by atomic mass is 32.1. The van der Waals surface area contributed by atoms with Crippen LogP contribution in [0.2, 0.25) is 0 Å².